The second-order valence-corrected chi connectivity index (χ2v) is 3.90. The summed E-state index contributed by atoms with van der Waals surface area (Å²) in [5, 5.41) is 10.2. The topological polar surface area (TPSA) is 33.4 Å². The van der Waals surface area contributed by atoms with Crippen LogP contribution in [0.3, 0.4) is 0 Å². The fourth-order valence-corrected chi connectivity index (χ4v) is 1.68. The van der Waals surface area contributed by atoms with E-state index in [4.69, 9.17) is 16.0 Å². The van der Waals surface area contributed by atoms with Crippen LogP contribution in [0, 0.1) is 5.82 Å². The van der Waals surface area contributed by atoms with Gasteiger partial charge in [-0.1, -0.05) is 11.6 Å². The molecule has 2 rings (SSSR count). The van der Waals surface area contributed by atoms with Gasteiger partial charge in [0.15, 0.2) is 0 Å². The van der Waals surface area contributed by atoms with Gasteiger partial charge in [-0.3, -0.25) is 0 Å². The Balaban J connectivity index is 2.20. The molecule has 0 aliphatic carbocycles. The highest BCUT2D eigenvalue weighted by Gasteiger charge is 2.15. The van der Waals surface area contributed by atoms with Crippen LogP contribution in [0.25, 0.3) is 0 Å². The van der Waals surface area contributed by atoms with Crippen molar-refractivity contribution in [1.82, 2.24) is 0 Å². The summed E-state index contributed by atoms with van der Waals surface area (Å²) in [6.07, 6.45) is 0.783. The van der Waals surface area contributed by atoms with Gasteiger partial charge < -0.3 is 9.52 Å². The monoisotopic (exact) mass is 240 g/mol. The van der Waals surface area contributed by atoms with Gasteiger partial charge in [0, 0.05) is 17.0 Å². The highest BCUT2D eigenvalue weighted by molar-refractivity contribution is 6.30. The lowest BCUT2D eigenvalue weighted by atomic mass is 10.0. The molecule has 0 bridgehead atoms. The molecule has 1 heterocycles. The van der Waals surface area contributed by atoms with E-state index in [0.29, 0.717) is 10.8 Å². The predicted molar refractivity (Wildman–Crippen MR) is 58.8 cm³/mol. The van der Waals surface area contributed by atoms with E-state index in [2.05, 4.69) is 0 Å². The maximum Gasteiger partial charge on any atom is 0.129 e. The fraction of sp³-hybridized carbons (Fsp3) is 0.167. The molecule has 1 atom stereocenters. The van der Waals surface area contributed by atoms with Gasteiger partial charge in [-0.15, -0.1) is 0 Å². The van der Waals surface area contributed by atoms with Crippen molar-refractivity contribution in [1.29, 1.82) is 0 Å². The van der Waals surface area contributed by atoms with Gasteiger partial charge in [0.2, 0.25) is 0 Å². The molecule has 16 heavy (non-hydrogen) atoms. The highest BCUT2D eigenvalue weighted by atomic mass is 35.5. The molecule has 0 spiro atoms. The quantitative estimate of drug-likeness (QED) is 0.893. The van der Waals surface area contributed by atoms with Gasteiger partial charge in [-0.25, -0.2) is 4.39 Å². The lowest BCUT2D eigenvalue weighted by molar-refractivity contribution is 0.166. The molecule has 1 N–H and O–H groups in total. The molecule has 84 valence electrons. The van der Waals surface area contributed by atoms with Crippen LogP contribution < -0.4 is 0 Å². The van der Waals surface area contributed by atoms with E-state index in [0.717, 1.165) is 0 Å². The number of benzene rings is 1. The summed E-state index contributed by atoms with van der Waals surface area (Å²) in [5.41, 5.74) is 0.184. The first-order valence-electron chi connectivity index (χ1n) is 4.82. The first kappa shape index (κ1) is 11.2. The Morgan fingerprint density at radius 2 is 2.19 bits per heavy atom. The molecule has 4 heteroatoms. The van der Waals surface area contributed by atoms with Gasteiger partial charge in [0.25, 0.3) is 0 Å². The first-order valence-corrected chi connectivity index (χ1v) is 5.20. The number of hydrogen-bond donors (Lipinski definition) is 1. The third kappa shape index (κ3) is 2.43. The summed E-state index contributed by atoms with van der Waals surface area (Å²) in [5.74, 6) is 0.135. The zero-order chi connectivity index (χ0) is 11.5. The van der Waals surface area contributed by atoms with Crippen LogP contribution in [0.1, 0.15) is 17.4 Å². The van der Waals surface area contributed by atoms with Gasteiger partial charge in [0.1, 0.15) is 11.6 Å². The molecule has 2 aromatic rings. The summed E-state index contributed by atoms with van der Waals surface area (Å²) >= 11 is 5.74. The van der Waals surface area contributed by atoms with Crippen molar-refractivity contribution < 1.29 is 13.9 Å². The van der Waals surface area contributed by atoms with Crippen molar-refractivity contribution in [3.63, 3.8) is 0 Å². The van der Waals surface area contributed by atoms with Crippen molar-refractivity contribution in [2.45, 2.75) is 12.5 Å². The van der Waals surface area contributed by atoms with Gasteiger partial charge in [-0.05, 0) is 30.3 Å². The van der Waals surface area contributed by atoms with Crippen LogP contribution >= 0.6 is 11.6 Å². The Hall–Kier alpha value is -1.32. The van der Waals surface area contributed by atoms with E-state index in [9.17, 15) is 9.50 Å². The molecule has 0 radical (unpaired) electrons. The largest absolute Gasteiger partial charge is 0.469 e. The molecule has 0 aliphatic heterocycles. The van der Waals surface area contributed by atoms with Crippen LogP contribution in [0.5, 0.6) is 0 Å². The molecular weight excluding hydrogens is 231 g/mol. The molecule has 1 aromatic carbocycles. The summed E-state index contributed by atoms with van der Waals surface area (Å²) in [4.78, 5) is 0. The summed E-state index contributed by atoms with van der Waals surface area (Å²) < 4.78 is 18.5. The Morgan fingerprint density at radius 3 is 2.88 bits per heavy atom. The van der Waals surface area contributed by atoms with Crippen LogP contribution in [-0.2, 0) is 6.42 Å². The maximum absolute atomic E-state index is 13.4. The molecule has 0 saturated heterocycles. The molecular formula is C12H10ClFO2. The Labute approximate surface area is 97.3 Å². The second kappa shape index (κ2) is 4.68. The van der Waals surface area contributed by atoms with Gasteiger partial charge in [-0.2, -0.15) is 0 Å². The Kier molecular flexibility index (Phi) is 3.27. The molecule has 0 saturated carbocycles. The number of aliphatic hydroxyl groups excluding tert-OH is 1. The highest BCUT2D eigenvalue weighted by Crippen LogP contribution is 2.24. The van der Waals surface area contributed by atoms with Gasteiger partial charge in [0.05, 0.1) is 12.4 Å². The van der Waals surface area contributed by atoms with Crippen LogP contribution in [0.4, 0.5) is 4.39 Å². The van der Waals surface area contributed by atoms with Crippen molar-refractivity contribution in [2.75, 3.05) is 0 Å². The van der Waals surface area contributed by atoms with E-state index < -0.39 is 11.9 Å². The smallest absolute Gasteiger partial charge is 0.129 e. The number of aliphatic hydroxyl groups is 1. The Bertz CT molecular complexity index is 468. The summed E-state index contributed by atoms with van der Waals surface area (Å²) in [6.45, 7) is 0. The van der Waals surface area contributed by atoms with Crippen LogP contribution in [-0.4, -0.2) is 5.11 Å². The van der Waals surface area contributed by atoms with Gasteiger partial charge >= 0.3 is 0 Å². The number of hydrogen-bond acceptors (Lipinski definition) is 2. The average Bonchev–Trinajstić information content (AvgIpc) is 2.74. The van der Waals surface area contributed by atoms with E-state index in [1.54, 1.807) is 12.1 Å². The Morgan fingerprint density at radius 1 is 1.38 bits per heavy atom. The van der Waals surface area contributed by atoms with Crippen LogP contribution in [0.15, 0.2) is 41.0 Å². The SMILES string of the molecule is OC(Cc1ccco1)c1cc(Cl)ccc1F. The molecule has 2 nitrogen and oxygen atoms in total. The molecule has 1 unspecified atom stereocenters. The minimum absolute atomic E-state index is 0.184. The number of furan rings is 1. The normalized spacial score (nSPS) is 12.7. The molecule has 1 aromatic heterocycles. The van der Waals surface area contributed by atoms with E-state index in [1.807, 2.05) is 0 Å². The van der Waals surface area contributed by atoms with Crippen molar-refractivity contribution >= 4 is 11.6 Å². The minimum atomic E-state index is -0.954. The standard InChI is InChI=1S/C12H10ClFO2/c13-8-3-4-11(14)10(6-8)12(15)7-9-2-1-5-16-9/h1-6,12,15H,7H2. The molecule has 0 fully saturated rings. The van der Waals surface area contributed by atoms with Crippen LogP contribution in [0.2, 0.25) is 5.02 Å². The zero-order valence-electron chi connectivity index (χ0n) is 8.36. The van der Waals surface area contributed by atoms with E-state index >= 15 is 0 Å². The number of rotatable bonds is 3. The third-order valence-corrected chi connectivity index (χ3v) is 2.53. The van der Waals surface area contributed by atoms with E-state index in [1.165, 1.54) is 24.5 Å². The number of halogens is 2. The average molecular weight is 241 g/mol. The molecule has 0 amide bonds. The van der Waals surface area contributed by atoms with E-state index in [-0.39, 0.29) is 12.0 Å². The minimum Gasteiger partial charge on any atom is -0.469 e. The summed E-state index contributed by atoms with van der Waals surface area (Å²) in [7, 11) is 0. The van der Waals surface area contributed by atoms with Crippen molar-refractivity contribution in [3.8, 4) is 0 Å². The zero-order valence-corrected chi connectivity index (χ0v) is 9.12. The predicted octanol–water partition coefficient (Wildman–Crippen LogP) is 3.35. The maximum atomic E-state index is 13.4. The lowest BCUT2D eigenvalue weighted by Crippen LogP contribution is -2.03. The van der Waals surface area contributed by atoms with Crippen molar-refractivity contribution in [2.24, 2.45) is 0 Å². The van der Waals surface area contributed by atoms with Crippen molar-refractivity contribution in [3.05, 3.63) is 58.8 Å². The lowest BCUT2D eigenvalue weighted by Gasteiger charge is -2.10. The first-order chi connectivity index (χ1) is 7.66. The summed E-state index contributed by atoms with van der Waals surface area (Å²) in [6, 6.07) is 7.55. The second-order valence-electron chi connectivity index (χ2n) is 3.47. The molecule has 0 aliphatic rings. The third-order valence-electron chi connectivity index (χ3n) is 2.29. The fourth-order valence-electron chi connectivity index (χ4n) is 1.50.